The third-order valence-corrected chi connectivity index (χ3v) is 7.16. The molecule has 3 heterocycles. The van der Waals surface area contributed by atoms with E-state index in [1.165, 1.54) is 11.3 Å². The van der Waals surface area contributed by atoms with Gasteiger partial charge in [0.05, 0.1) is 37.9 Å². The Hall–Kier alpha value is -2.82. The fourth-order valence-electron chi connectivity index (χ4n) is 4.81. The molecule has 190 valence electrons. The van der Waals surface area contributed by atoms with E-state index < -0.39 is 6.10 Å². The first-order valence-electron chi connectivity index (χ1n) is 12.3. The number of thiazole rings is 1. The summed E-state index contributed by atoms with van der Waals surface area (Å²) >= 11 is 1.40. The number of aromatic nitrogens is 1. The number of para-hydroxylation sites is 1. The lowest BCUT2D eigenvalue weighted by molar-refractivity contribution is -0.156. The lowest BCUT2D eigenvalue weighted by Crippen LogP contribution is -2.55. The molecule has 3 aromatic rings. The van der Waals surface area contributed by atoms with Crippen LogP contribution in [0.4, 0.5) is 5.13 Å². The number of ether oxygens (including phenoxy) is 3. The zero-order valence-corrected chi connectivity index (χ0v) is 20.8. The van der Waals surface area contributed by atoms with Crippen molar-refractivity contribution in [1.82, 2.24) is 9.88 Å². The van der Waals surface area contributed by atoms with Gasteiger partial charge in [-0.2, -0.15) is 0 Å². The van der Waals surface area contributed by atoms with E-state index in [1.54, 1.807) is 6.20 Å². The number of aliphatic hydroxyl groups excluding tert-OH is 1. The van der Waals surface area contributed by atoms with Crippen LogP contribution in [0.15, 0.2) is 66.2 Å². The van der Waals surface area contributed by atoms with Crippen LogP contribution in [0.2, 0.25) is 0 Å². The number of anilines is 1. The van der Waals surface area contributed by atoms with Gasteiger partial charge in [0.2, 0.25) is 5.91 Å². The van der Waals surface area contributed by atoms with Gasteiger partial charge in [-0.3, -0.25) is 9.69 Å². The summed E-state index contributed by atoms with van der Waals surface area (Å²) in [5.41, 5.74) is 1.13. The molecule has 2 aliphatic rings. The summed E-state index contributed by atoms with van der Waals surface area (Å²) in [5, 5.41) is 15.7. The highest BCUT2D eigenvalue weighted by Gasteiger charge is 2.38. The molecule has 2 N–H and O–H groups in total. The number of aliphatic hydroxyl groups is 1. The normalized spacial score (nSPS) is 24.8. The Bertz CT molecular complexity index is 1100. The maximum atomic E-state index is 12.4. The molecular weight excluding hydrogens is 478 g/mol. The highest BCUT2D eigenvalue weighted by molar-refractivity contribution is 7.13. The predicted molar refractivity (Wildman–Crippen MR) is 137 cm³/mol. The first kappa shape index (κ1) is 24.9. The van der Waals surface area contributed by atoms with E-state index in [4.69, 9.17) is 14.2 Å². The van der Waals surface area contributed by atoms with Gasteiger partial charge in [0, 0.05) is 30.7 Å². The van der Waals surface area contributed by atoms with Crippen molar-refractivity contribution in [2.75, 3.05) is 25.1 Å². The Morgan fingerprint density at radius 1 is 1.11 bits per heavy atom. The molecule has 2 aliphatic heterocycles. The number of nitrogens with one attached hydrogen (secondary N) is 1. The largest absolute Gasteiger partial charge is 0.457 e. The van der Waals surface area contributed by atoms with Gasteiger partial charge in [-0.05, 0) is 42.7 Å². The predicted octanol–water partition coefficient (Wildman–Crippen LogP) is 4.07. The Morgan fingerprint density at radius 3 is 2.69 bits per heavy atom. The van der Waals surface area contributed by atoms with Crippen LogP contribution < -0.4 is 10.1 Å². The van der Waals surface area contributed by atoms with Crippen molar-refractivity contribution in [2.24, 2.45) is 0 Å². The third kappa shape index (κ3) is 6.68. The Balaban J connectivity index is 1.21. The van der Waals surface area contributed by atoms with Crippen LogP contribution in [0.1, 0.15) is 24.8 Å². The highest BCUT2D eigenvalue weighted by atomic mass is 32.1. The molecule has 5 rings (SSSR count). The summed E-state index contributed by atoms with van der Waals surface area (Å²) < 4.78 is 18.0. The second-order valence-corrected chi connectivity index (χ2v) is 10.1. The molecule has 36 heavy (non-hydrogen) atoms. The molecule has 2 saturated heterocycles. The van der Waals surface area contributed by atoms with Gasteiger partial charge in [0.1, 0.15) is 11.5 Å². The van der Waals surface area contributed by atoms with Gasteiger partial charge in [0.25, 0.3) is 0 Å². The zero-order chi connectivity index (χ0) is 24.7. The molecule has 0 saturated carbocycles. The highest BCUT2D eigenvalue weighted by Crippen LogP contribution is 2.30. The maximum absolute atomic E-state index is 12.4. The number of amides is 1. The number of fused-ring (bicyclic) bond motifs is 1. The summed E-state index contributed by atoms with van der Waals surface area (Å²) in [5.74, 6) is 1.49. The van der Waals surface area contributed by atoms with Gasteiger partial charge in [-0.25, -0.2) is 4.98 Å². The van der Waals surface area contributed by atoms with Crippen molar-refractivity contribution in [3.63, 3.8) is 0 Å². The molecule has 0 aliphatic carbocycles. The van der Waals surface area contributed by atoms with Crippen molar-refractivity contribution >= 4 is 22.4 Å². The lowest BCUT2D eigenvalue weighted by atomic mass is 9.94. The van der Waals surface area contributed by atoms with E-state index in [2.05, 4.69) is 27.3 Å². The number of benzene rings is 2. The zero-order valence-electron chi connectivity index (χ0n) is 20.0. The van der Waals surface area contributed by atoms with Crippen LogP contribution in [0.25, 0.3) is 0 Å². The molecule has 1 amide bonds. The molecule has 2 fully saturated rings. The monoisotopic (exact) mass is 509 g/mol. The minimum atomic E-state index is -0.562. The third-order valence-electron chi connectivity index (χ3n) is 6.47. The second kappa shape index (κ2) is 11.9. The molecule has 8 nitrogen and oxygen atoms in total. The first-order chi connectivity index (χ1) is 17.6. The summed E-state index contributed by atoms with van der Waals surface area (Å²) in [4.78, 5) is 18.8. The number of carbonyl (C=O) groups excluding carboxylic acids is 1. The Morgan fingerprint density at radius 2 is 1.92 bits per heavy atom. The van der Waals surface area contributed by atoms with Crippen molar-refractivity contribution in [3.8, 4) is 11.5 Å². The van der Waals surface area contributed by atoms with E-state index in [-0.39, 0.29) is 37.2 Å². The van der Waals surface area contributed by atoms with Crippen molar-refractivity contribution < 1.29 is 24.1 Å². The SMILES string of the molecule is O=C(C[C@@H]1CC[C@H]2[C@@H](COC[C@H](O)CN2Cc2ccc(Oc3ccccc3)cc2)O1)Nc1nccs1. The minimum absolute atomic E-state index is 0.0924. The molecule has 0 spiro atoms. The smallest absolute Gasteiger partial charge is 0.228 e. The van der Waals surface area contributed by atoms with Crippen LogP contribution in [0.5, 0.6) is 11.5 Å². The molecule has 1 aromatic heterocycles. The minimum Gasteiger partial charge on any atom is -0.457 e. The second-order valence-electron chi connectivity index (χ2n) is 9.21. The summed E-state index contributed by atoms with van der Waals surface area (Å²) in [6, 6.07) is 17.9. The number of β-amino-alcohol motifs (C(OH)–C–C–N with tert-alkyl or cyclic N) is 1. The molecule has 2 aromatic carbocycles. The molecule has 9 heteroatoms. The lowest BCUT2D eigenvalue weighted by Gasteiger charge is -2.44. The molecular formula is C27H31N3O5S. The number of hydrogen-bond donors (Lipinski definition) is 2. The molecule has 4 atom stereocenters. The van der Waals surface area contributed by atoms with Crippen molar-refractivity contribution in [3.05, 3.63) is 71.7 Å². The quantitative estimate of drug-likeness (QED) is 0.496. The van der Waals surface area contributed by atoms with E-state index >= 15 is 0 Å². The van der Waals surface area contributed by atoms with Crippen LogP contribution in [0, 0.1) is 0 Å². The van der Waals surface area contributed by atoms with E-state index in [0.717, 1.165) is 29.9 Å². The summed E-state index contributed by atoms with van der Waals surface area (Å²) in [6.45, 7) is 1.85. The average molecular weight is 510 g/mol. The van der Waals surface area contributed by atoms with Gasteiger partial charge in [-0.15, -0.1) is 11.3 Å². The molecule has 0 radical (unpaired) electrons. The van der Waals surface area contributed by atoms with Gasteiger partial charge in [-0.1, -0.05) is 30.3 Å². The first-order valence-corrected chi connectivity index (χ1v) is 13.2. The van der Waals surface area contributed by atoms with Crippen molar-refractivity contribution in [1.29, 1.82) is 0 Å². The van der Waals surface area contributed by atoms with E-state index in [0.29, 0.717) is 24.8 Å². The number of hydrogen-bond acceptors (Lipinski definition) is 8. The standard InChI is InChI=1S/C27H31N3O5S/c31-20-16-30(15-19-6-8-22(9-7-19)34-21-4-2-1-3-5-21)24-11-10-23(35-25(24)18-33-17-20)14-26(32)29-27-28-12-13-36-27/h1-9,12-13,20,23-25,31H,10-11,14-18H2,(H,28,29,32)/t20-,23+,24+,25-/m1/s1. The van der Waals surface area contributed by atoms with Gasteiger partial charge in [0.15, 0.2) is 5.13 Å². The van der Waals surface area contributed by atoms with Crippen molar-refractivity contribution in [2.45, 2.75) is 50.2 Å². The van der Waals surface area contributed by atoms with Crippen LogP contribution >= 0.6 is 11.3 Å². The van der Waals surface area contributed by atoms with Gasteiger partial charge < -0.3 is 24.6 Å². The number of carbonyl (C=O) groups is 1. The topological polar surface area (TPSA) is 93.2 Å². The van der Waals surface area contributed by atoms with Crippen LogP contribution in [-0.2, 0) is 20.8 Å². The average Bonchev–Trinajstić information content (AvgIpc) is 3.38. The Kier molecular flexibility index (Phi) is 8.25. The molecule has 0 unspecified atom stereocenters. The Labute approximate surface area is 214 Å². The summed E-state index contributed by atoms with van der Waals surface area (Å²) in [6.07, 6.45) is 2.69. The van der Waals surface area contributed by atoms with Crippen LogP contribution in [-0.4, -0.2) is 65.0 Å². The molecule has 0 bridgehead atoms. The van der Waals surface area contributed by atoms with E-state index in [1.807, 2.05) is 47.8 Å². The number of nitrogens with zero attached hydrogens (tertiary/aromatic N) is 2. The van der Waals surface area contributed by atoms with E-state index in [9.17, 15) is 9.90 Å². The fourth-order valence-corrected chi connectivity index (χ4v) is 5.36. The number of rotatable bonds is 7. The van der Waals surface area contributed by atoms with Crippen LogP contribution in [0.3, 0.4) is 0 Å². The summed E-state index contributed by atoms with van der Waals surface area (Å²) in [7, 11) is 0. The van der Waals surface area contributed by atoms with Gasteiger partial charge >= 0.3 is 0 Å². The maximum Gasteiger partial charge on any atom is 0.228 e. The fraction of sp³-hybridized carbons (Fsp3) is 0.407.